The molecule has 2 aromatic heterocycles. The second-order valence-corrected chi connectivity index (χ2v) is 13.7. The number of nitrogens with zero attached hydrogens (tertiary/aromatic N) is 4. The Balaban J connectivity index is 1.16. The zero-order valence-corrected chi connectivity index (χ0v) is 30.1. The summed E-state index contributed by atoms with van der Waals surface area (Å²) >= 11 is 0. The molecule has 4 nitrogen and oxygen atoms in total. The van der Waals surface area contributed by atoms with Crippen LogP contribution in [0.5, 0.6) is 0 Å². The van der Waals surface area contributed by atoms with Gasteiger partial charge in [-0.05, 0) is 99.5 Å². The van der Waals surface area contributed by atoms with E-state index in [1.165, 1.54) is 27.5 Å². The van der Waals surface area contributed by atoms with Crippen LogP contribution in [0.1, 0.15) is 11.4 Å². The Labute approximate surface area is 315 Å². The summed E-state index contributed by atoms with van der Waals surface area (Å²) in [6, 6.07) is 63.9. The molecule has 4 heteroatoms. The number of pyridine rings is 1. The van der Waals surface area contributed by atoms with Gasteiger partial charge in [-0.15, -0.1) is 0 Å². The second kappa shape index (κ2) is 14.2. The molecule has 9 aromatic rings. The first-order valence-electron chi connectivity index (χ1n) is 18.2. The average Bonchev–Trinajstić information content (AvgIpc) is 3.23. The van der Waals surface area contributed by atoms with Crippen LogP contribution in [0.2, 0.25) is 0 Å². The smallest absolute Gasteiger partial charge is 0.164 e. The molecule has 7 aromatic carbocycles. The van der Waals surface area contributed by atoms with E-state index in [0.29, 0.717) is 17.5 Å². The van der Waals surface area contributed by atoms with Crippen LogP contribution in [0.3, 0.4) is 0 Å². The molecule has 256 valence electrons. The van der Waals surface area contributed by atoms with Crippen molar-refractivity contribution in [2.24, 2.45) is 0 Å². The van der Waals surface area contributed by atoms with E-state index in [1.54, 1.807) is 0 Å². The van der Waals surface area contributed by atoms with Gasteiger partial charge in [0.05, 0.1) is 0 Å². The highest BCUT2D eigenvalue weighted by atomic mass is 15.0. The minimum absolute atomic E-state index is 0.627. The van der Waals surface area contributed by atoms with Crippen LogP contribution in [-0.4, -0.2) is 19.9 Å². The average molecular weight is 693 g/mol. The molecule has 9 rings (SSSR count). The normalized spacial score (nSPS) is 11.1. The highest BCUT2D eigenvalue weighted by Gasteiger charge is 2.16. The molecule has 0 N–H and O–H groups in total. The zero-order valence-electron chi connectivity index (χ0n) is 30.1. The van der Waals surface area contributed by atoms with Crippen LogP contribution < -0.4 is 0 Å². The summed E-state index contributed by atoms with van der Waals surface area (Å²) in [6.45, 7) is 4.09. The monoisotopic (exact) mass is 692 g/mol. The lowest BCUT2D eigenvalue weighted by atomic mass is 9.92. The van der Waals surface area contributed by atoms with Gasteiger partial charge in [0.15, 0.2) is 17.5 Å². The molecule has 0 saturated heterocycles. The summed E-state index contributed by atoms with van der Waals surface area (Å²) < 4.78 is 0. The van der Waals surface area contributed by atoms with Crippen molar-refractivity contribution >= 4 is 10.8 Å². The Morgan fingerprint density at radius 3 is 1.24 bits per heavy atom. The fraction of sp³-hybridized carbons (Fsp3) is 0.0400. The highest BCUT2D eigenvalue weighted by molar-refractivity contribution is 5.98. The number of benzene rings is 7. The van der Waals surface area contributed by atoms with Gasteiger partial charge < -0.3 is 0 Å². The highest BCUT2D eigenvalue weighted by Crippen LogP contribution is 2.37. The van der Waals surface area contributed by atoms with Gasteiger partial charge in [0, 0.05) is 28.1 Å². The fourth-order valence-corrected chi connectivity index (χ4v) is 7.21. The molecule has 0 atom stereocenters. The van der Waals surface area contributed by atoms with Gasteiger partial charge in [0.2, 0.25) is 0 Å². The lowest BCUT2D eigenvalue weighted by molar-refractivity contribution is 1.07. The van der Waals surface area contributed by atoms with Crippen LogP contribution in [0.15, 0.2) is 182 Å². The van der Waals surface area contributed by atoms with Crippen LogP contribution in [0.25, 0.3) is 89.4 Å². The molecule has 0 amide bonds. The first kappa shape index (κ1) is 32.8. The standard InChI is InChI=1S/C50H36N4/c1-33-28-42(29-34(2)51-33)37-24-20-35(21-25-37)36-22-26-38(27-23-36)43-30-44(47-19-11-17-39-12-9-10-18-46(39)47)32-45(31-43)50-53-48(40-13-5-3-6-14-40)52-49(54-50)41-15-7-4-8-16-41/h3-32H,1-2H3. The summed E-state index contributed by atoms with van der Waals surface area (Å²) in [6.07, 6.45) is 0. The molecule has 0 fully saturated rings. The van der Waals surface area contributed by atoms with E-state index in [2.05, 4.69) is 126 Å². The lowest BCUT2D eigenvalue weighted by Crippen LogP contribution is -2.00. The summed E-state index contributed by atoms with van der Waals surface area (Å²) in [5, 5.41) is 2.40. The number of hydrogen-bond acceptors (Lipinski definition) is 4. The molecule has 0 unspecified atom stereocenters. The molecule has 0 saturated carbocycles. The maximum absolute atomic E-state index is 5.10. The van der Waals surface area contributed by atoms with E-state index in [9.17, 15) is 0 Å². The van der Waals surface area contributed by atoms with Crippen molar-refractivity contribution in [2.45, 2.75) is 13.8 Å². The topological polar surface area (TPSA) is 51.6 Å². The molecule has 0 spiro atoms. The van der Waals surface area contributed by atoms with Gasteiger partial charge in [0.1, 0.15) is 0 Å². The van der Waals surface area contributed by atoms with Gasteiger partial charge in [-0.1, -0.05) is 152 Å². The quantitative estimate of drug-likeness (QED) is 0.167. The summed E-state index contributed by atoms with van der Waals surface area (Å²) in [5.41, 5.74) is 14.0. The van der Waals surface area contributed by atoms with Crippen molar-refractivity contribution in [3.05, 3.63) is 193 Å². The maximum atomic E-state index is 5.10. The van der Waals surface area contributed by atoms with E-state index in [1.807, 2.05) is 74.5 Å². The fourth-order valence-electron chi connectivity index (χ4n) is 7.21. The minimum Gasteiger partial charge on any atom is -0.258 e. The van der Waals surface area contributed by atoms with Gasteiger partial charge >= 0.3 is 0 Å². The third kappa shape index (κ3) is 6.69. The number of rotatable bonds is 7. The summed E-state index contributed by atoms with van der Waals surface area (Å²) in [7, 11) is 0. The SMILES string of the molecule is Cc1cc(-c2ccc(-c3ccc(-c4cc(-c5nc(-c6ccccc6)nc(-c6ccccc6)n5)cc(-c5cccc6ccccc56)c4)cc3)cc2)cc(C)n1. The van der Waals surface area contributed by atoms with Crippen molar-refractivity contribution in [1.82, 2.24) is 19.9 Å². The Kier molecular flexibility index (Phi) is 8.62. The minimum atomic E-state index is 0.627. The van der Waals surface area contributed by atoms with Crippen molar-refractivity contribution in [1.29, 1.82) is 0 Å². The Morgan fingerprint density at radius 1 is 0.278 bits per heavy atom. The van der Waals surface area contributed by atoms with Gasteiger partial charge in [-0.3, -0.25) is 4.98 Å². The van der Waals surface area contributed by atoms with Gasteiger partial charge in [0.25, 0.3) is 0 Å². The number of fused-ring (bicyclic) bond motifs is 1. The molecule has 0 aliphatic carbocycles. The van der Waals surface area contributed by atoms with E-state index in [-0.39, 0.29) is 0 Å². The van der Waals surface area contributed by atoms with Gasteiger partial charge in [-0.2, -0.15) is 0 Å². The van der Waals surface area contributed by atoms with E-state index in [0.717, 1.165) is 55.9 Å². The predicted octanol–water partition coefficient (Wildman–Crippen LogP) is 12.7. The third-order valence-corrected chi connectivity index (χ3v) is 9.84. The predicted molar refractivity (Wildman–Crippen MR) is 223 cm³/mol. The van der Waals surface area contributed by atoms with Crippen molar-refractivity contribution < 1.29 is 0 Å². The largest absolute Gasteiger partial charge is 0.258 e. The number of hydrogen-bond donors (Lipinski definition) is 0. The first-order chi connectivity index (χ1) is 26.5. The molecule has 0 radical (unpaired) electrons. The molecule has 0 aliphatic heterocycles. The molecular weight excluding hydrogens is 657 g/mol. The van der Waals surface area contributed by atoms with Gasteiger partial charge in [-0.25, -0.2) is 15.0 Å². The number of aromatic nitrogens is 4. The van der Waals surface area contributed by atoms with E-state index < -0.39 is 0 Å². The van der Waals surface area contributed by atoms with E-state index in [4.69, 9.17) is 15.0 Å². The molecule has 2 heterocycles. The van der Waals surface area contributed by atoms with Crippen molar-refractivity contribution in [2.75, 3.05) is 0 Å². The summed E-state index contributed by atoms with van der Waals surface area (Å²) in [4.78, 5) is 19.7. The van der Waals surface area contributed by atoms with E-state index >= 15 is 0 Å². The maximum Gasteiger partial charge on any atom is 0.164 e. The van der Waals surface area contributed by atoms with Crippen LogP contribution in [0, 0.1) is 13.8 Å². The molecule has 54 heavy (non-hydrogen) atoms. The van der Waals surface area contributed by atoms with Crippen LogP contribution in [-0.2, 0) is 0 Å². The van der Waals surface area contributed by atoms with Crippen molar-refractivity contribution in [3.63, 3.8) is 0 Å². The second-order valence-electron chi connectivity index (χ2n) is 13.7. The zero-order chi connectivity index (χ0) is 36.4. The Morgan fingerprint density at radius 2 is 0.685 bits per heavy atom. The molecule has 0 bridgehead atoms. The number of aryl methyl sites for hydroxylation is 2. The Bertz CT molecular complexity index is 2670. The molecule has 0 aliphatic rings. The summed E-state index contributed by atoms with van der Waals surface area (Å²) in [5.74, 6) is 1.91. The van der Waals surface area contributed by atoms with Crippen LogP contribution >= 0.6 is 0 Å². The van der Waals surface area contributed by atoms with Crippen molar-refractivity contribution in [3.8, 4) is 78.7 Å². The molecular formula is C50H36N4. The Hall–Kier alpha value is -7.04. The third-order valence-electron chi connectivity index (χ3n) is 9.84. The van der Waals surface area contributed by atoms with Crippen LogP contribution in [0.4, 0.5) is 0 Å². The lowest BCUT2D eigenvalue weighted by Gasteiger charge is -2.14. The first-order valence-corrected chi connectivity index (χ1v) is 18.2.